The molecule has 0 amide bonds. The van der Waals surface area contributed by atoms with Crippen LogP contribution < -0.4 is 5.56 Å². The van der Waals surface area contributed by atoms with Crippen LogP contribution in [0.3, 0.4) is 0 Å². The Labute approximate surface area is 129 Å². The van der Waals surface area contributed by atoms with E-state index in [-0.39, 0.29) is 12.2 Å². The van der Waals surface area contributed by atoms with E-state index in [1.165, 1.54) is 22.2 Å². The predicted molar refractivity (Wildman–Crippen MR) is 82.0 cm³/mol. The summed E-state index contributed by atoms with van der Waals surface area (Å²) in [7, 11) is 1.71. The van der Waals surface area contributed by atoms with Gasteiger partial charge in [-0.15, -0.1) is 11.3 Å². The number of aromatic amines is 1. The van der Waals surface area contributed by atoms with Gasteiger partial charge in [-0.2, -0.15) is 5.10 Å². The second-order valence-corrected chi connectivity index (χ2v) is 6.16. The molecule has 0 aliphatic heterocycles. The number of carbonyl (C=O) groups is 1. The number of aryl methyl sites for hydroxylation is 3. The van der Waals surface area contributed by atoms with E-state index >= 15 is 0 Å². The van der Waals surface area contributed by atoms with Crippen LogP contribution in [0.1, 0.15) is 26.6 Å². The fourth-order valence-corrected chi connectivity index (χ4v) is 3.16. The Morgan fingerprint density at radius 2 is 2.23 bits per heavy atom. The molecule has 3 aromatic rings. The molecule has 7 nitrogen and oxygen atoms in total. The first-order chi connectivity index (χ1) is 10.5. The van der Waals surface area contributed by atoms with Gasteiger partial charge >= 0.3 is 5.97 Å². The molecule has 0 aromatic carbocycles. The fourth-order valence-electron chi connectivity index (χ4n) is 2.11. The highest BCUT2D eigenvalue weighted by Gasteiger charge is 2.14. The van der Waals surface area contributed by atoms with Crippen molar-refractivity contribution in [1.29, 1.82) is 0 Å². The molecule has 0 saturated carbocycles. The highest BCUT2D eigenvalue weighted by atomic mass is 32.1. The first-order valence-electron chi connectivity index (χ1n) is 6.60. The Hall–Kier alpha value is -2.48. The molecule has 0 saturated heterocycles. The minimum atomic E-state index is -0.505. The average molecular weight is 318 g/mol. The molecule has 22 heavy (non-hydrogen) atoms. The third-order valence-electron chi connectivity index (χ3n) is 3.37. The van der Waals surface area contributed by atoms with Crippen molar-refractivity contribution in [2.24, 2.45) is 7.05 Å². The van der Waals surface area contributed by atoms with Crippen LogP contribution in [-0.4, -0.2) is 25.7 Å². The monoisotopic (exact) mass is 318 g/mol. The molecule has 0 radical (unpaired) electrons. The molecule has 0 atom stereocenters. The number of hydrogen-bond acceptors (Lipinski definition) is 6. The van der Waals surface area contributed by atoms with Gasteiger partial charge in [-0.05, 0) is 19.4 Å². The van der Waals surface area contributed by atoms with Gasteiger partial charge in [-0.3, -0.25) is 9.48 Å². The lowest BCUT2D eigenvalue weighted by Crippen LogP contribution is -2.14. The van der Waals surface area contributed by atoms with E-state index in [0.717, 1.165) is 10.4 Å². The Kier molecular flexibility index (Phi) is 3.53. The molecule has 3 aromatic heterocycles. The van der Waals surface area contributed by atoms with Gasteiger partial charge in [0.1, 0.15) is 17.3 Å². The zero-order valence-corrected chi connectivity index (χ0v) is 13.2. The van der Waals surface area contributed by atoms with Gasteiger partial charge in [0, 0.05) is 18.1 Å². The molecule has 0 aliphatic carbocycles. The Morgan fingerprint density at radius 3 is 2.91 bits per heavy atom. The van der Waals surface area contributed by atoms with Crippen molar-refractivity contribution in [3.63, 3.8) is 0 Å². The van der Waals surface area contributed by atoms with Crippen LogP contribution in [0.4, 0.5) is 0 Å². The van der Waals surface area contributed by atoms with Crippen LogP contribution in [0.25, 0.3) is 10.2 Å². The van der Waals surface area contributed by atoms with Crippen LogP contribution in [-0.2, 0) is 18.4 Å². The SMILES string of the molecule is Cc1sc2nc(COC(=O)c3cnn(C)c3)[nH]c(=O)c2c1C. The molecule has 0 bridgehead atoms. The van der Waals surface area contributed by atoms with Crippen LogP contribution in [0.15, 0.2) is 17.2 Å². The maximum atomic E-state index is 12.1. The van der Waals surface area contributed by atoms with Crippen molar-refractivity contribution < 1.29 is 9.53 Å². The summed E-state index contributed by atoms with van der Waals surface area (Å²) in [6.45, 7) is 3.76. The third kappa shape index (κ3) is 2.52. The number of nitrogens with zero attached hydrogens (tertiary/aromatic N) is 3. The molecule has 114 valence electrons. The van der Waals surface area contributed by atoms with Gasteiger partial charge in [-0.1, -0.05) is 0 Å². The number of carbonyl (C=O) groups excluding carboxylic acids is 1. The first-order valence-corrected chi connectivity index (χ1v) is 7.42. The van der Waals surface area contributed by atoms with Gasteiger partial charge < -0.3 is 9.72 Å². The number of aromatic nitrogens is 4. The molecular formula is C14H14N4O3S. The highest BCUT2D eigenvalue weighted by Crippen LogP contribution is 2.25. The maximum Gasteiger partial charge on any atom is 0.341 e. The Morgan fingerprint density at radius 1 is 1.45 bits per heavy atom. The first kappa shape index (κ1) is 14.5. The van der Waals surface area contributed by atoms with Crippen molar-refractivity contribution in [2.45, 2.75) is 20.5 Å². The lowest BCUT2D eigenvalue weighted by atomic mass is 10.2. The number of nitrogens with one attached hydrogen (secondary N) is 1. The molecule has 0 fully saturated rings. The average Bonchev–Trinajstić information content (AvgIpc) is 3.01. The summed E-state index contributed by atoms with van der Waals surface area (Å²) in [6, 6.07) is 0. The smallest absolute Gasteiger partial charge is 0.341 e. The normalized spacial score (nSPS) is 11.0. The van der Waals surface area contributed by atoms with Crippen LogP contribution in [0.2, 0.25) is 0 Å². The van der Waals surface area contributed by atoms with E-state index < -0.39 is 5.97 Å². The zero-order chi connectivity index (χ0) is 15.9. The summed E-state index contributed by atoms with van der Waals surface area (Å²) < 4.78 is 6.66. The standard InChI is InChI=1S/C14H14N4O3S/c1-7-8(2)22-13-11(7)12(19)16-10(17-13)6-21-14(20)9-4-15-18(3)5-9/h4-5H,6H2,1-3H3,(H,16,17,19). The van der Waals surface area contributed by atoms with Crippen LogP contribution >= 0.6 is 11.3 Å². The molecular weight excluding hydrogens is 304 g/mol. The van der Waals surface area contributed by atoms with Gasteiger partial charge in [0.25, 0.3) is 5.56 Å². The molecule has 0 aliphatic rings. The molecule has 1 N–H and O–H groups in total. The lowest BCUT2D eigenvalue weighted by molar-refractivity contribution is 0.0462. The summed E-state index contributed by atoms with van der Waals surface area (Å²) in [5.41, 5.74) is 1.08. The zero-order valence-electron chi connectivity index (χ0n) is 12.3. The van der Waals surface area contributed by atoms with Gasteiger partial charge in [0.2, 0.25) is 0 Å². The minimum Gasteiger partial charge on any atom is -0.454 e. The number of rotatable bonds is 3. The third-order valence-corrected chi connectivity index (χ3v) is 4.47. The number of esters is 1. The van der Waals surface area contributed by atoms with E-state index in [2.05, 4.69) is 15.1 Å². The topological polar surface area (TPSA) is 89.9 Å². The van der Waals surface area contributed by atoms with E-state index in [1.807, 2.05) is 13.8 Å². The summed E-state index contributed by atoms with van der Waals surface area (Å²) >= 11 is 1.46. The molecule has 0 spiro atoms. The van der Waals surface area contributed by atoms with Gasteiger partial charge in [0.15, 0.2) is 0 Å². The fraction of sp³-hybridized carbons (Fsp3) is 0.286. The number of fused-ring (bicyclic) bond motifs is 1. The number of ether oxygens (including phenoxy) is 1. The van der Waals surface area contributed by atoms with Crippen molar-refractivity contribution in [1.82, 2.24) is 19.7 Å². The number of H-pyrrole nitrogens is 1. The molecule has 8 heteroatoms. The summed E-state index contributed by atoms with van der Waals surface area (Å²) in [5, 5.41) is 4.51. The quantitative estimate of drug-likeness (QED) is 0.742. The molecule has 3 rings (SSSR count). The van der Waals surface area contributed by atoms with Crippen molar-refractivity contribution >= 4 is 27.5 Å². The Balaban J connectivity index is 1.83. The number of hydrogen-bond donors (Lipinski definition) is 1. The van der Waals surface area contributed by atoms with Crippen molar-refractivity contribution in [3.8, 4) is 0 Å². The Bertz CT molecular complexity index is 922. The van der Waals surface area contributed by atoms with E-state index in [0.29, 0.717) is 21.6 Å². The highest BCUT2D eigenvalue weighted by molar-refractivity contribution is 7.18. The lowest BCUT2D eigenvalue weighted by Gasteiger charge is -2.03. The minimum absolute atomic E-state index is 0.0884. The van der Waals surface area contributed by atoms with Crippen LogP contribution in [0.5, 0.6) is 0 Å². The van der Waals surface area contributed by atoms with Crippen molar-refractivity contribution in [2.75, 3.05) is 0 Å². The summed E-state index contributed by atoms with van der Waals surface area (Å²) in [4.78, 5) is 32.7. The summed E-state index contributed by atoms with van der Waals surface area (Å²) in [6.07, 6.45) is 2.99. The molecule has 3 heterocycles. The largest absolute Gasteiger partial charge is 0.454 e. The van der Waals surface area contributed by atoms with E-state index in [4.69, 9.17) is 4.74 Å². The van der Waals surface area contributed by atoms with Gasteiger partial charge in [-0.25, -0.2) is 9.78 Å². The predicted octanol–water partition coefficient (Wildman–Crippen LogP) is 1.69. The molecule has 0 unspecified atom stereocenters. The van der Waals surface area contributed by atoms with E-state index in [9.17, 15) is 9.59 Å². The maximum absolute atomic E-state index is 12.1. The van der Waals surface area contributed by atoms with E-state index in [1.54, 1.807) is 13.2 Å². The van der Waals surface area contributed by atoms with Gasteiger partial charge in [0.05, 0.1) is 17.1 Å². The van der Waals surface area contributed by atoms with Crippen molar-refractivity contribution in [3.05, 3.63) is 44.6 Å². The number of thiophene rings is 1. The summed E-state index contributed by atoms with van der Waals surface area (Å²) in [5.74, 6) is -0.176. The second kappa shape index (κ2) is 5.38. The second-order valence-electron chi connectivity index (χ2n) is 4.95. The van der Waals surface area contributed by atoms with Crippen LogP contribution in [0, 0.1) is 13.8 Å².